The lowest BCUT2D eigenvalue weighted by atomic mass is 9.95. The zero-order valence-corrected chi connectivity index (χ0v) is 12.6. The average Bonchev–Trinajstić information content (AvgIpc) is 2.15. The zero-order chi connectivity index (χ0) is 13.0. The maximum atomic E-state index is 11.7. The summed E-state index contributed by atoms with van der Waals surface area (Å²) in [6.45, 7) is 5.30. The van der Waals surface area contributed by atoms with Gasteiger partial charge in [0.05, 0.1) is 0 Å². The topological polar surface area (TPSA) is 63.2 Å². The molecule has 1 amide bonds. The standard InChI is InChI=1S/C10H20BrNO3S/c1-5-10(3,6-7-11)12-9(13)8(2)16(4,14)15/h8H,5-7H2,1-4H3,(H,12,13). The summed E-state index contributed by atoms with van der Waals surface area (Å²) in [5.74, 6) is -0.423. The van der Waals surface area contributed by atoms with Gasteiger partial charge < -0.3 is 5.32 Å². The Bertz CT molecular complexity index is 342. The van der Waals surface area contributed by atoms with E-state index < -0.39 is 21.0 Å². The maximum Gasteiger partial charge on any atom is 0.238 e. The third-order valence-corrected chi connectivity index (χ3v) is 4.76. The van der Waals surface area contributed by atoms with Crippen LogP contribution >= 0.6 is 15.9 Å². The van der Waals surface area contributed by atoms with Crippen LogP contribution in [-0.4, -0.2) is 36.7 Å². The summed E-state index contributed by atoms with van der Waals surface area (Å²) < 4.78 is 22.5. The number of alkyl halides is 1. The van der Waals surface area contributed by atoms with Crippen LogP contribution in [0, 0.1) is 0 Å². The van der Waals surface area contributed by atoms with Gasteiger partial charge in [0.25, 0.3) is 0 Å². The van der Waals surface area contributed by atoms with E-state index in [9.17, 15) is 13.2 Å². The van der Waals surface area contributed by atoms with Gasteiger partial charge in [0.15, 0.2) is 9.84 Å². The molecule has 0 spiro atoms. The smallest absolute Gasteiger partial charge is 0.238 e. The van der Waals surface area contributed by atoms with Crippen LogP contribution in [-0.2, 0) is 14.6 Å². The SMILES string of the molecule is CCC(C)(CCBr)NC(=O)C(C)S(C)(=O)=O. The predicted octanol–water partition coefficient (Wildman–Crippen LogP) is 1.49. The fourth-order valence-electron chi connectivity index (χ4n) is 1.13. The molecule has 2 atom stereocenters. The van der Waals surface area contributed by atoms with Crippen molar-refractivity contribution in [1.29, 1.82) is 0 Å². The Morgan fingerprint density at radius 1 is 1.50 bits per heavy atom. The minimum atomic E-state index is -3.32. The Morgan fingerprint density at radius 2 is 2.00 bits per heavy atom. The van der Waals surface area contributed by atoms with Crippen LogP contribution in [0.5, 0.6) is 0 Å². The molecule has 2 unspecified atom stereocenters. The Balaban J connectivity index is 4.66. The Kier molecular flexibility index (Phi) is 5.96. The van der Waals surface area contributed by atoms with Crippen LogP contribution in [0.15, 0.2) is 0 Å². The molecule has 0 aliphatic rings. The second-order valence-corrected chi connectivity index (χ2v) is 7.47. The number of sulfone groups is 1. The molecule has 6 heteroatoms. The van der Waals surface area contributed by atoms with Crippen LogP contribution in [0.1, 0.15) is 33.6 Å². The van der Waals surface area contributed by atoms with E-state index >= 15 is 0 Å². The quantitative estimate of drug-likeness (QED) is 0.756. The summed E-state index contributed by atoms with van der Waals surface area (Å²) in [6.07, 6.45) is 2.61. The van der Waals surface area contributed by atoms with Gasteiger partial charge in [-0.3, -0.25) is 4.79 Å². The van der Waals surface area contributed by atoms with Crippen LogP contribution in [0.3, 0.4) is 0 Å². The summed E-state index contributed by atoms with van der Waals surface area (Å²) in [6, 6.07) is 0. The second kappa shape index (κ2) is 6.00. The third kappa shape index (κ3) is 4.82. The highest BCUT2D eigenvalue weighted by Crippen LogP contribution is 2.16. The van der Waals surface area contributed by atoms with E-state index in [0.29, 0.717) is 0 Å². The molecule has 0 aromatic rings. The molecule has 16 heavy (non-hydrogen) atoms. The number of amides is 1. The van der Waals surface area contributed by atoms with E-state index in [0.717, 1.165) is 24.4 Å². The maximum absolute atomic E-state index is 11.7. The molecule has 0 bridgehead atoms. The first-order chi connectivity index (χ1) is 7.16. The Labute approximate surface area is 106 Å². The first kappa shape index (κ1) is 15.9. The van der Waals surface area contributed by atoms with Crippen LogP contribution in [0.25, 0.3) is 0 Å². The number of nitrogens with one attached hydrogen (secondary N) is 1. The van der Waals surface area contributed by atoms with Crippen molar-refractivity contribution in [2.24, 2.45) is 0 Å². The number of carbonyl (C=O) groups is 1. The molecule has 0 aromatic heterocycles. The van der Waals surface area contributed by atoms with Gasteiger partial charge >= 0.3 is 0 Å². The number of carbonyl (C=O) groups excluding carboxylic acids is 1. The van der Waals surface area contributed by atoms with Gasteiger partial charge in [0.1, 0.15) is 5.25 Å². The lowest BCUT2D eigenvalue weighted by molar-refractivity contribution is -0.122. The summed E-state index contributed by atoms with van der Waals surface area (Å²) in [4.78, 5) is 11.7. The van der Waals surface area contributed by atoms with Crippen LogP contribution in [0.4, 0.5) is 0 Å². The molecule has 0 fully saturated rings. The summed E-state index contributed by atoms with van der Waals surface area (Å²) in [5, 5.41) is 2.58. The van der Waals surface area contributed by atoms with Crippen molar-refractivity contribution in [3.8, 4) is 0 Å². The first-order valence-corrected chi connectivity index (χ1v) is 8.30. The fraction of sp³-hybridized carbons (Fsp3) is 0.900. The first-order valence-electron chi connectivity index (χ1n) is 5.23. The van der Waals surface area contributed by atoms with Crippen molar-refractivity contribution >= 4 is 31.7 Å². The molecule has 0 heterocycles. The van der Waals surface area contributed by atoms with Gasteiger partial charge in [-0.2, -0.15) is 0 Å². The number of rotatable bonds is 6. The van der Waals surface area contributed by atoms with Crippen LogP contribution in [0.2, 0.25) is 0 Å². The summed E-state index contributed by atoms with van der Waals surface area (Å²) in [5.41, 5.74) is -0.348. The molecule has 0 saturated carbocycles. The molecule has 0 rings (SSSR count). The lowest BCUT2D eigenvalue weighted by Gasteiger charge is -2.30. The Morgan fingerprint density at radius 3 is 2.31 bits per heavy atom. The zero-order valence-electron chi connectivity index (χ0n) is 10.2. The van der Waals surface area contributed by atoms with Crippen molar-refractivity contribution < 1.29 is 13.2 Å². The van der Waals surface area contributed by atoms with Crippen molar-refractivity contribution in [2.45, 2.75) is 44.4 Å². The molecule has 96 valence electrons. The minimum absolute atomic E-state index is 0.348. The van der Waals surface area contributed by atoms with Crippen molar-refractivity contribution in [2.75, 3.05) is 11.6 Å². The van der Waals surface area contributed by atoms with Crippen LogP contribution < -0.4 is 5.32 Å². The van der Waals surface area contributed by atoms with E-state index in [-0.39, 0.29) is 5.54 Å². The van der Waals surface area contributed by atoms with Crippen molar-refractivity contribution in [3.63, 3.8) is 0 Å². The fourth-order valence-corrected chi connectivity index (χ4v) is 2.45. The van der Waals surface area contributed by atoms with Crippen molar-refractivity contribution in [3.05, 3.63) is 0 Å². The summed E-state index contributed by atoms with van der Waals surface area (Å²) >= 11 is 3.32. The molecular formula is C10H20BrNO3S. The molecule has 4 nitrogen and oxygen atoms in total. The third-order valence-electron chi connectivity index (χ3n) is 2.86. The largest absolute Gasteiger partial charge is 0.350 e. The van der Waals surface area contributed by atoms with Gasteiger partial charge in [0.2, 0.25) is 5.91 Å². The second-order valence-electron chi connectivity index (χ2n) is 4.31. The average molecular weight is 314 g/mol. The molecule has 0 aliphatic heterocycles. The monoisotopic (exact) mass is 313 g/mol. The van der Waals surface area contributed by atoms with Gasteiger partial charge in [-0.05, 0) is 26.7 Å². The molecular weight excluding hydrogens is 294 g/mol. The van der Waals surface area contributed by atoms with E-state index in [1.807, 2.05) is 13.8 Å². The highest BCUT2D eigenvalue weighted by Gasteiger charge is 2.30. The molecule has 0 saturated heterocycles. The predicted molar refractivity (Wildman–Crippen MR) is 69.6 cm³/mol. The van der Waals surface area contributed by atoms with E-state index in [1.54, 1.807) is 0 Å². The Hall–Kier alpha value is -0.100. The number of halogens is 1. The number of hydrogen-bond donors (Lipinski definition) is 1. The van der Waals surface area contributed by atoms with E-state index in [4.69, 9.17) is 0 Å². The number of hydrogen-bond acceptors (Lipinski definition) is 3. The lowest BCUT2D eigenvalue weighted by Crippen LogP contribution is -2.50. The van der Waals surface area contributed by atoms with Gasteiger partial charge in [0, 0.05) is 17.1 Å². The van der Waals surface area contributed by atoms with E-state index in [1.165, 1.54) is 6.92 Å². The summed E-state index contributed by atoms with van der Waals surface area (Å²) in [7, 11) is -3.32. The highest BCUT2D eigenvalue weighted by molar-refractivity contribution is 9.09. The molecule has 0 aliphatic carbocycles. The molecule has 1 N–H and O–H groups in total. The molecule has 0 aromatic carbocycles. The van der Waals surface area contributed by atoms with Crippen molar-refractivity contribution in [1.82, 2.24) is 5.32 Å². The minimum Gasteiger partial charge on any atom is -0.350 e. The normalized spacial score (nSPS) is 17.6. The van der Waals surface area contributed by atoms with Gasteiger partial charge in [-0.15, -0.1) is 0 Å². The highest BCUT2D eigenvalue weighted by atomic mass is 79.9. The van der Waals surface area contributed by atoms with Gasteiger partial charge in [-0.1, -0.05) is 22.9 Å². The molecule has 0 radical (unpaired) electrons. The van der Waals surface area contributed by atoms with Gasteiger partial charge in [-0.25, -0.2) is 8.42 Å². The van der Waals surface area contributed by atoms with E-state index in [2.05, 4.69) is 21.2 Å².